The van der Waals surface area contributed by atoms with Gasteiger partial charge in [-0.05, 0) is 57.2 Å². The van der Waals surface area contributed by atoms with E-state index < -0.39 is 35.6 Å². The number of carbonyl (C=O) groups excluding carboxylic acids is 4. The third-order valence-corrected chi connectivity index (χ3v) is 6.56. The Labute approximate surface area is 246 Å². The number of unbranched alkanes of at least 4 members (excludes halogenated alkanes) is 6. The molecule has 1 rings (SSSR count). The third-order valence-electron chi connectivity index (χ3n) is 6.56. The average Bonchev–Trinajstić information content (AvgIpc) is 2.90. The molecule has 0 aliphatic heterocycles. The summed E-state index contributed by atoms with van der Waals surface area (Å²) in [6, 6.07) is 5.33. The summed E-state index contributed by atoms with van der Waals surface area (Å²) in [6.07, 6.45) is 8.47. The third kappa shape index (κ3) is 14.2. The number of nitrogens with zero attached hydrogens (tertiary/aromatic N) is 1. The van der Waals surface area contributed by atoms with E-state index in [1.54, 1.807) is 26.8 Å². The number of hydrogen-bond donors (Lipinski definition) is 3. The molecule has 0 saturated heterocycles. The van der Waals surface area contributed by atoms with Gasteiger partial charge in [0.05, 0.1) is 0 Å². The molecule has 0 saturated carbocycles. The predicted octanol–water partition coefficient (Wildman–Crippen LogP) is 5.63. The number of hydrogen-bond acceptors (Lipinski definition) is 5. The van der Waals surface area contributed by atoms with Crippen molar-refractivity contribution in [2.75, 3.05) is 13.1 Å². The molecule has 4 amide bonds. The normalized spacial score (nSPS) is 12.6. The van der Waals surface area contributed by atoms with Crippen LogP contribution >= 0.6 is 0 Å². The number of amides is 4. The fourth-order valence-corrected chi connectivity index (χ4v) is 4.44. The van der Waals surface area contributed by atoms with E-state index in [9.17, 15) is 19.2 Å². The van der Waals surface area contributed by atoms with E-state index in [2.05, 4.69) is 24.1 Å². The highest BCUT2D eigenvalue weighted by Gasteiger charge is 2.36. The first-order chi connectivity index (χ1) is 19.4. The molecule has 0 radical (unpaired) electrons. The lowest BCUT2D eigenvalue weighted by Crippen LogP contribution is -2.53. The molecule has 2 unspecified atom stereocenters. The molecule has 9 heteroatoms. The van der Waals surface area contributed by atoms with Crippen molar-refractivity contribution in [3.63, 3.8) is 0 Å². The molecule has 2 atom stereocenters. The van der Waals surface area contributed by atoms with Gasteiger partial charge in [-0.2, -0.15) is 0 Å². The number of rotatable bonds is 19. The summed E-state index contributed by atoms with van der Waals surface area (Å²) in [6.45, 7) is 14.0. The summed E-state index contributed by atoms with van der Waals surface area (Å²) < 4.78 is 5.40. The van der Waals surface area contributed by atoms with Gasteiger partial charge in [-0.15, -0.1) is 0 Å². The summed E-state index contributed by atoms with van der Waals surface area (Å²) in [5, 5.41) is 5.63. The molecule has 4 N–H and O–H groups in total. The van der Waals surface area contributed by atoms with Crippen LogP contribution in [0, 0.1) is 0 Å². The van der Waals surface area contributed by atoms with Crippen molar-refractivity contribution >= 4 is 29.9 Å². The van der Waals surface area contributed by atoms with Gasteiger partial charge in [0.1, 0.15) is 17.7 Å². The molecule has 0 aromatic heterocycles. The standard InChI is InChI=1S/C32H52N4O5/c1-7-10-12-13-14-15-22-36(30(39)26(19-20-27(33)37)35-31(40)41-32(4,5)6)28(29(38)34-21-11-8-2)25-18-16-17-24(9-3)23-25/h9,16-18,23,26,28H,3,7-8,10-15,19-22H2,1-2,4-6H3,(H2,33,37)(H,34,38)(H,35,40). The Hall–Kier alpha value is -3.36. The van der Waals surface area contributed by atoms with Crippen LogP contribution in [0.5, 0.6) is 0 Å². The summed E-state index contributed by atoms with van der Waals surface area (Å²) in [5.41, 5.74) is 6.08. The lowest BCUT2D eigenvalue weighted by Gasteiger charge is -2.34. The fourth-order valence-electron chi connectivity index (χ4n) is 4.44. The maximum Gasteiger partial charge on any atom is 0.408 e. The van der Waals surface area contributed by atoms with Crippen molar-refractivity contribution in [3.8, 4) is 0 Å². The van der Waals surface area contributed by atoms with Crippen LogP contribution in [0.3, 0.4) is 0 Å². The fraction of sp³-hybridized carbons (Fsp3) is 0.625. The second-order valence-electron chi connectivity index (χ2n) is 11.4. The zero-order chi connectivity index (χ0) is 30.8. The molecule has 0 aliphatic rings. The molecule has 41 heavy (non-hydrogen) atoms. The molecule has 1 aromatic carbocycles. The first kappa shape index (κ1) is 35.7. The Balaban J connectivity index is 3.49. The van der Waals surface area contributed by atoms with Crippen LogP contribution in [0.4, 0.5) is 4.79 Å². The predicted molar refractivity (Wildman–Crippen MR) is 164 cm³/mol. The Morgan fingerprint density at radius 1 is 1.02 bits per heavy atom. The van der Waals surface area contributed by atoms with Crippen LogP contribution in [-0.4, -0.2) is 53.4 Å². The number of ether oxygens (including phenoxy) is 1. The molecule has 0 aliphatic carbocycles. The molecule has 0 fully saturated rings. The van der Waals surface area contributed by atoms with Gasteiger partial charge in [-0.1, -0.05) is 83.2 Å². The van der Waals surface area contributed by atoms with Crippen LogP contribution in [0.15, 0.2) is 30.8 Å². The summed E-state index contributed by atoms with van der Waals surface area (Å²) >= 11 is 0. The smallest absolute Gasteiger partial charge is 0.408 e. The highest BCUT2D eigenvalue weighted by Crippen LogP contribution is 2.26. The molecule has 230 valence electrons. The highest BCUT2D eigenvalue weighted by atomic mass is 16.6. The largest absolute Gasteiger partial charge is 0.444 e. The monoisotopic (exact) mass is 572 g/mol. The molecular weight excluding hydrogens is 520 g/mol. The van der Waals surface area contributed by atoms with Crippen molar-refractivity contribution in [2.24, 2.45) is 5.73 Å². The topological polar surface area (TPSA) is 131 Å². The minimum Gasteiger partial charge on any atom is -0.444 e. The van der Waals surface area contributed by atoms with E-state index in [0.29, 0.717) is 25.1 Å². The summed E-state index contributed by atoms with van der Waals surface area (Å²) in [7, 11) is 0. The zero-order valence-corrected chi connectivity index (χ0v) is 25.8. The first-order valence-electron chi connectivity index (χ1n) is 15.0. The lowest BCUT2D eigenvalue weighted by molar-refractivity contribution is -0.142. The minimum absolute atomic E-state index is 0.0166. The molecular formula is C32H52N4O5. The van der Waals surface area contributed by atoms with Gasteiger partial charge >= 0.3 is 6.09 Å². The Morgan fingerprint density at radius 3 is 2.29 bits per heavy atom. The van der Waals surface area contributed by atoms with E-state index in [1.807, 2.05) is 31.2 Å². The van der Waals surface area contributed by atoms with E-state index in [-0.39, 0.29) is 18.7 Å². The molecule has 0 spiro atoms. The van der Waals surface area contributed by atoms with Gasteiger partial charge in [0, 0.05) is 19.5 Å². The Bertz CT molecular complexity index is 989. The van der Waals surface area contributed by atoms with Crippen molar-refractivity contribution in [1.82, 2.24) is 15.5 Å². The van der Waals surface area contributed by atoms with Gasteiger partial charge < -0.3 is 26.0 Å². The number of carbonyl (C=O) groups is 4. The van der Waals surface area contributed by atoms with E-state index in [0.717, 1.165) is 50.5 Å². The number of primary amides is 1. The Kier molecular flexibility index (Phi) is 16.4. The number of nitrogens with two attached hydrogens (primary N) is 1. The van der Waals surface area contributed by atoms with Gasteiger partial charge in [-0.3, -0.25) is 14.4 Å². The Morgan fingerprint density at radius 2 is 1.68 bits per heavy atom. The highest BCUT2D eigenvalue weighted by molar-refractivity contribution is 5.92. The molecule has 0 bridgehead atoms. The number of nitrogens with one attached hydrogen (secondary N) is 2. The van der Waals surface area contributed by atoms with Gasteiger partial charge in [-0.25, -0.2) is 4.79 Å². The quantitative estimate of drug-likeness (QED) is 0.185. The van der Waals surface area contributed by atoms with Crippen molar-refractivity contribution in [2.45, 2.75) is 117 Å². The van der Waals surface area contributed by atoms with Crippen LogP contribution in [0.1, 0.15) is 116 Å². The average molecular weight is 573 g/mol. The van der Waals surface area contributed by atoms with E-state index in [4.69, 9.17) is 10.5 Å². The van der Waals surface area contributed by atoms with Crippen molar-refractivity contribution in [3.05, 3.63) is 42.0 Å². The van der Waals surface area contributed by atoms with Crippen LogP contribution < -0.4 is 16.4 Å². The molecule has 9 nitrogen and oxygen atoms in total. The second kappa shape index (κ2) is 18.9. The van der Waals surface area contributed by atoms with E-state index in [1.165, 1.54) is 4.90 Å². The van der Waals surface area contributed by atoms with Crippen molar-refractivity contribution in [1.29, 1.82) is 0 Å². The van der Waals surface area contributed by atoms with Crippen LogP contribution in [0.2, 0.25) is 0 Å². The van der Waals surface area contributed by atoms with Crippen LogP contribution in [-0.2, 0) is 19.1 Å². The maximum atomic E-state index is 14.2. The summed E-state index contributed by atoms with van der Waals surface area (Å²) in [4.78, 5) is 53.9. The van der Waals surface area contributed by atoms with E-state index >= 15 is 0 Å². The van der Waals surface area contributed by atoms with Crippen molar-refractivity contribution < 1.29 is 23.9 Å². The number of alkyl carbamates (subject to hydrolysis) is 1. The van der Waals surface area contributed by atoms with Gasteiger partial charge in [0.2, 0.25) is 17.7 Å². The van der Waals surface area contributed by atoms with Crippen LogP contribution in [0.25, 0.3) is 6.08 Å². The van der Waals surface area contributed by atoms with Gasteiger partial charge in [0.15, 0.2) is 0 Å². The maximum absolute atomic E-state index is 14.2. The second-order valence-corrected chi connectivity index (χ2v) is 11.4. The lowest BCUT2D eigenvalue weighted by atomic mass is 9.99. The molecule has 1 aromatic rings. The first-order valence-corrected chi connectivity index (χ1v) is 15.0. The number of benzene rings is 1. The SMILES string of the molecule is C=Cc1cccc(C(C(=O)NCCCC)N(CCCCCCCC)C(=O)C(CCC(N)=O)NC(=O)OC(C)(C)C)c1. The minimum atomic E-state index is -1.11. The summed E-state index contributed by atoms with van der Waals surface area (Å²) in [5.74, 6) is -1.36. The van der Waals surface area contributed by atoms with Gasteiger partial charge in [0.25, 0.3) is 0 Å². The molecule has 0 heterocycles. The zero-order valence-electron chi connectivity index (χ0n) is 25.8.